The SMILES string of the molecule is O=C(c1cc(C2CC2)[nH]n1)N1CC(=O)N(C2CCCCC2)C[C@H](OCc2ccccn2)C1. The molecule has 3 heterocycles. The second kappa shape index (κ2) is 9.40. The zero-order valence-corrected chi connectivity index (χ0v) is 18.4. The van der Waals surface area contributed by atoms with Crippen LogP contribution in [0.15, 0.2) is 30.5 Å². The number of carbonyl (C=O) groups excluding carboxylic acids is 2. The lowest BCUT2D eigenvalue weighted by molar-refractivity contribution is -0.134. The van der Waals surface area contributed by atoms with Crippen LogP contribution in [0.25, 0.3) is 0 Å². The fourth-order valence-electron chi connectivity index (χ4n) is 4.85. The van der Waals surface area contributed by atoms with E-state index in [0.717, 1.165) is 49.9 Å². The highest BCUT2D eigenvalue weighted by Gasteiger charge is 2.36. The third-order valence-electron chi connectivity index (χ3n) is 6.80. The summed E-state index contributed by atoms with van der Waals surface area (Å²) in [7, 11) is 0. The fraction of sp³-hybridized carbons (Fsp3) is 0.583. The summed E-state index contributed by atoms with van der Waals surface area (Å²) in [5.74, 6) is 0.289. The van der Waals surface area contributed by atoms with Crippen molar-refractivity contribution in [1.29, 1.82) is 0 Å². The molecule has 2 aromatic heterocycles. The van der Waals surface area contributed by atoms with Gasteiger partial charge in [0, 0.05) is 36.9 Å². The van der Waals surface area contributed by atoms with Crippen molar-refractivity contribution in [1.82, 2.24) is 25.0 Å². The summed E-state index contributed by atoms with van der Waals surface area (Å²) < 4.78 is 6.21. The first-order valence-corrected chi connectivity index (χ1v) is 11.8. The van der Waals surface area contributed by atoms with Crippen molar-refractivity contribution in [3.63, 3.8) is 0 Å². The quantitative estimate of drug-likeness (QED) is 0.750. The van der Waals surface area contributed by atoms with Crippen LogP contribution < -0.4 is 0 Å². The van der Waals surface area contributed by atoms with Gasteiger partial charge in [0.05, 0.1) is 18.4 Å². The molecule has 2 saturated carbocycles. The van der Waals surface area contributed by atoms with Gasteiger partial charge in [0.2, 0.25) is 5.91 Å². The maximum absolute atomic E-state index is 13.3. The van der Waals surface area contributed by atoms with Crippen molar-refractivity contribution < 1.29 is 14.3 Å². The Kier molecular flexibility index (Phi) is 6.21. The van der Waals surface area contributed by atoms with E-state index in [0.29, 0.717) is 31.3 Å². The van der Waals surface area contributed by atoms with Gasteiger partial charge in [-0.05, 0) is 43.9 Å². The third-order valence-corrected chi connectivity index (χ3v) is 6.80. The predicted molar refractivity (Wildman–Crippen MR) is 118 cm³/mol. The van der Waals surface area contributed by atoms with Gasteiger partial charge in [0.1, 0.15) is 12.2 Å². The predicted octanol–water partition coefficient (Wildman–Crippen LogP) is 2.88. The average molecular weight is 438 g/mol. The van der Waals surface area contributed by atoms with Crippen LogP contribution in [0.4, 0.5) is 0 Å². The van der Waals surface area contributed by atoms with Gasteiger partial charge >= 0.3 is 0 Å². The van der Waals surface area contributed by atoms with Crippen LogP contribution >= 0.6 is 0 Å². The lowest BCUT2D eigenvalue weighted by Crippen LogP contribution is -2.46. The Labute approximate surface area is 188 Å². The first-order valence-electron chi connectivity index (χ1n) is 11.8. The van der Waals surface area contributed by atoms with Crippen LogP contribution in [0, 0.1) is 0 Å². The third kappa shape index (κ3) is 4.85. The molecule has 1 atom stereocenters. The van der Waals surface area contributed by atoms with E-state index in [2.05, 4.69) is 15.2 Å². The molecule has 1 aliphatic heterocycles. The molecule has 32 heavy (non-hydrogen) atoms. The molecule has 1 saturated heterocycles. The Morgan fingerprint density at radius 3 is 2.72 bits per heavy atom. The van der Waals surface area contributed by atoms with Crippen LogP contribution in [-0.4, -0.2) is 68.6 Å². The number of nitrogens with zero attached hydrogens (tertiary/aromatic N) is 4. The molecule has 0 spiro atoms. The molecule has 0 aromatic carbocycles. The summed E-state index contributed by atoms with van der Waals surface area (Å²) in [6.07, 6.45) is 9.32. The molecular weight excluding hydrogens is 406 g/mol. The van der Waals surface area contributed by atoms with Crippen molar-refractivity contribution in [2.45, 2.75) is 69.6 Å². The molecule has 3 aliphatic rings. The average Bonchev–Trinajstić information content (AvgIpc) is 3.59. The molecule has 2 amide bonds. The molecule has 3 fully saturated rings. The first-order chi connectivity index (χ1) is 15.7. The van der Waals surface area contributed by atoms with E-state index in [1.54, 1.807) is 11.1 Å². The fourth-order valence-corrected chi connectivity index (χ4v) is 4.85. The van der Waals surface area contributed by atoms with Gasteiger partial charge in [-0.3, -0.25) is 19.7 Å². The maximum atomic E-state index is 13.3. The van der Waals surface area contributed by atoms with Crippen LogP contribution in [0.1, 0.15) is 72.7 Å². The molecule has 0 unspecified atom stereocenters. The van der Waals surface area contributed by atoms with Crippen LogP contribution in [0.2, 0.25) is 0 Å². The van der Waals surface area contributed by atoms with Gasteiger partial charge in [-0.25, -0.2) is 0 Å². The molecule has 0 bridgehead atoms. The Bertz CT molecular complexity index is 936. The zero-order chi connectivity index (χ0) is 21.9. The number of aromatic nitrogens is 3. The van der Waals surface area contributed by atoms with E-state index in [1.807, 2.05) is 29.2 Å². The number of hydrogen-bond acceptors (Lipinski definition) is 5. The normalized spacial score (nSPS) is 22.8. The van der Waals surface area contributed by atoms with Gasteiger partial charge in [0.25, 0.3) is 5.91 Å². The molecule has 0 radical (unpaired) electrons. The standard InChI is InChI=1S/C24H31N5O3/c30-23-15-28(24(31)22-12-21(26-27-22)17-9-10-17)13-20(32-16-18-6-4-5-11-25-18)14-29(23)19-7-2-1-3-8-19/h4-6,11-12,17,19-20H,1-3,7-10,13-16H2,(H,26,27)/t20-/m1/s1. The molecule has 170 valence electrons. The van der Waals surface area contributed by atoms with Gasteiger partial charge in [-0.2, -0.15) is 5.10 Å². The molecule has 5 rings (SSSR count). The van der Waals surface area contributed by atoms with Crippen molar-refractivity contribution in [3.05, 3.63) is 47.5 Å². The van der Waals surface area contributed by atoms with E-state index < -0.39 is 0 Å². The number of aromatic amines is 1. The molecule has 1 N–H and O–H groups in total. The number of pyridine rings is 1. The van der Waals surface area contributed by atoms with Crippen molar-refractivity contribution in [2.24, 2.45) is 0 Å². The summed E-state index contributed by atoms with van der Waals surface area (Å²) in [6, 6.07) is 7.81. The molecule has 8 nitrogen and oxygen atoms in total. The van der Waals surface area contributed by atoms with E-state index in [1.165, 1.54) is 6.42 Å². The Balaban J connectivity index is 1.33. The lowest BCUT2D eigenvalue weighted by atomic mass is 9.94. The lowest BCUT2D eigenvalue weighted by Gasteiger charge is -2.34. The number of amides is 2. The maximum Gasteiger partial charge on any atom is 0.274 e. The summed E-state index contributed by atoms with van der Waals surface area (Å²) >= 11 is 0. The van der Waals surface area contributed by atoms with E-state index >= 15 is 0 Å². The zero-order valence-electron chi connectivity index (χ0n) is 18.4. The second-order valence-corrected chi connectivity index (χ2v) is 9.26. The summed E-state index contributed by atoms with van der Waals surface area (Å²) in [4.78, 5) is 34.4. The summed E-state index contributed by atoms with van der Waals surface area (Å²) in [5, 5.41) is 7.24. The van der Waals surface area contributed by atoms with Gasteiger partial charge in [-0.15, -0.1) is 0 Å². The number of hydrogen-bond donors (Lipinski definition) is 1. The highest BCUT2D eigenvalue weighted by molar-refractivity contribution is 5.95. The van der Waals surface area contributed by atoms with Crippen molar-refractivity contribution in [3.8, 4) is 0 Å². The number of ether oxygens (including phenoxy) is 1. The summed E-state index contributed by atoms with van der Waals surface area (Å²) in [5.41, 5.74) is 2.24. The first kappa shape index (κ1) is 21.1. The monoisotopic (exact) mass is 437 g/mol. The molecule has 2 aromatic rings. The topological polar surface area (TPSA) is 91.4 Å². The minimum absolute atomic E-state index is 0.00661. The minimum atomic E-state index is -0.267. The van der Waals surface area contributed by atoms with Crippen LogP contribution in [-0.2, 0) is 16.1 Å². The molecular formula is C24H31N5O3. The smallest absolute Gasteiger partial charge is 0.274 e. The Morgan fingerprint density at radius 1 is 1.12 bits per heavy atom. The van der Waals surface area contributed by atoms with E-state index in [4.69, 9.17) is 4.74 Å². The Hall–Kier alpha value is -2.74. The van der Waals surface area contributed by atoms with Crippen molar-refractivity contribution in [2.75, 3.05) is 19.6 Å². The van der Waals surface area contributed by atoms with E-state index in [-0.39, 0.29) is 30.5 Å². The summed E-state index contributed by atoms with van der Waals surface area (Å²) in [6.45, 7) is 1.30. The largest absolute Gasteiger partial charge is 0.368 e. The minimum Gasteiger partial charge on any atom is -0.368 e. The number of H-pyrrole nitrogens is 1. The van der Waals surface area contributed by atoms with E-state index in [9.17, 15) is 9.59 Å². The number of rotatable bonds is 6. The highest BCUT2D eigenvalue weighted by atomic mass is 16.5. The number of carbonyl (C=O) groups is 2. The molecule has 2 aliphatic carbocycles. The highest BCUT2D eigenvalue weighted by Crippen LogP contribution is 2.39. The second-order valence-electron chi connectivity index (χ2n) is 9.26. The number of nitrogens with one attached hydrogen (secondary N) is 1. The van der Waals surface area contributed by atoms with Gasteiger partial charge < -0.3 is 14.5 Å². The van der Waals surface area contributed by atoms with Gasteiger partial charge in [-0.1, -0.05) is 25.3 Å². The van der Waals surface area contributed by atoms with Crippen molar-refractivity contribution >= 4 is 11.8 Å². The van der Waals surface area contributed by atoms with Crippen LogP contribution in [0.5, 0.6) is 0 Å². The molecule has 8 heteroatoms. The van der Waals surface area contributed by atoms with Gasteiger partial charge in [0.15, 0.2) is 0 Å². The van der Waals surface area contributed by atoms with Crippen LogP contribution in [0.3, 0.4) is 0 Å². The Morgan fingerprint density at radius 2 is 1.97 bits per heavy atom.